The molecule has 0 saturated heterocycles. The maximum Gasteiger partial charge on any atom is 0.211 e. The van der Waals surface area contributed by atoms with Crippen LogP contribution in [0.2, 0.25) is 6.82 Å². The number of likely N-dealkylation sites (N-methyl/N-ethyl adjacent to an activating group) is 1. The SMILES string of the molecule is C=CC1=C(C=C)N(C)c2ccccc2B1C.CC. The van der Waals surface area contributed by atoms with Crippen molar-refractivity contribution in [3.8, 4) is 0 Å². The number of fused-ring (bicyclic) bond motifs is 1. The van der Waals surface area contributed by atoms with Gasteiger partial charge in [0.15, 0.2) is 0 Å². The Kier molecular flexibility index (Phi) is 5.02. The first-order chi connectivity index (χ1) is 8.70. The molecule has 0 bridgehead atoms. The van der Waals surface area contributed by atoms with E-state index in [0.29, 0.717) is 6.71 Å². The second-order valence-corrected chi connectivity index (χ2v) is 4.09. The Morgan fingerprint density at radius 2 is 1.72 bits per heavy atom. The highest BCUT2D eigenvalue weighted by molar-refractivity contribution is 6.81. The molecule has 0 fully saturated rings. The standard InChI is InChI=1S/C14H16BN.C2H6/c1-5-11-13(6-2)16(4)14-10-8-7-9-12(14)15(11)3;1-2/h5-10H,1-2H2,3-4H3;1-2H3. The van der Waals surface area contributed by atoms with Gasteiger partial charge in [0.2, 0.25) is 6.71 Å². The van der Waals surface area contributed by atoms with Gasteiger partial charge < -0.3 is 4.90 Å². The van der Waals surface area contributed by atoms with Crippen molar-refractivity contribution >= 4 is 17.9 Å². The molecule has 0 radical (unpaired) electrons. The highest BCUT2D eigenvalue weighted by Gasteiger charge is 2.27. The van der Waals surface area contributed by atoms with Crippen molar-refractivity contribution in [2.24, 2.45) is 0 Å². The molecule has 0 spiro atoms. The number of benzene rings is 1. The normalized spacial score (nSPS) is 13.6. The van der Waals surface area contributed by atoms with Crippen LogP contribution in [0.3, 0.4) is 0 Å². The molecule has 2 heteroatoms. The largest absolute Gasteiger partial charge is 0.345 e. The molecule has 94 valence electrons. The lowest BCUT2D eigenvalue weighted by atomic mass is 9.40. The van der Waals surface area contributed by atoms with Crippen molar-refractivity contribution in [2.75, 3.05) is 11.9 Å². The summed E-state index contributed by atoms with van der Waals surface area (Å²) in [5, 5.41) is 0. The van der Waals surface area contributed by atoms with Crippen molar-refractivity contribution in [1.29, 1.82) is 0 Å². The Bertz CT molecular complexity index is 431. The monoisotopic (exact) mass is 239 g/mol. The van der Waals surface area contributed by atoms with Crippen LogP contribution in [0.15, 0.2) is 60.7 Å². The van der Waals surface area contributed by atoms with E-state index in [1.165, 1.54) is 16.6 Å². The van der Waals surface area contributed by atoms with E-state index in [1.54, 1.807) is 0 Å². The average Bonchev–Trinajstić information content (AvgIpc) is 2.44. The zero-order valence-electron chi connectivity index (χ0n) is 11.9. The summed E-state index contributed by atoms with van der Waals surface area (Å²) in [4.78, 5) is 2.18. The van der Waals surface area contributed by atoms with E-state index in [0.717, 1.165) is 5.70 Å². The van der Waals surface area contributed by atoms with Gasteiger partial charge in [-0.05, 0) is 12.1 Å². The Balaban J connectivity index is 0.000000771. The molecule has 0 atom stereocenters. The van der Waals surface area contributed by atoms with Crippen LogP contribution in [-0.4, -0.2) is 13.8 Å². The molecule has 0 aromatic heterocycles. The number of para-hydroxylation sites is 1. The van der Waals surface area contributed by atoms with E-state index in [9.17, 15) is 0 Å². The van der Waals surface area contributed by atoms with Gasteiger partial charge in [0, 0.05) is 18.4 Å². The zero-order chi connectivity index (χ0) is 13.7. The van der Waals surface area contributed by atoms with Crippen molar-refractivity contribution in [1.82, 2.24) is 0 Å². The van der Waals surface area contributed by atoms with Crippen molar-refractivity contribution in [3.63, 3.8) is 0 Å². The second kappa shape index (κ2) is 6.30. The number of allylic oxidation sites excluding steroid dienone is 3. The average molecular weight is 239 g/mol. The van der Waals surface area contributed by atoms with Crippen LogP contribution in [0, 0.1) is 0 Å². The summed E-state index contributed by atoms with van der Waals surface area (Å²) >= 11 is 0. The van der Waals surface area contributed by atoms with Crippen molar-refractivity contribution in [2.45, 2.75) is 20.7 Å². The van der Waals surface area contributed by atoms with Crippen molar-refractivity contribution < 1.29 is 0 Å². The Hall–Kier alpha value is -1.70. The Labute approximate surface area is 112 Å². The third-order valence-electron chi connectivity index (χ3n) is 3.30. The fourth-order valence-corrected chi connectivity index (χ4v) is 2.41. The molecule has 0 N–H and O–H groups in total. The van der Waals surface area contributed by atoms with Gasteiger partial charge in [0.25, 0.3) is 0 Å². The Morgan fingerprint density at radius 1 is 1.11 bits per heavy atom. The summed E-state index contributed by atoms with van der Waals surface area (Å²) in [5.74, 6) is 0. The molecule has 1 nitrogen and oxygen atoms in total. The van der Waals surface area contributed by atoms with Gasteiger partial charge >= 0.3 is 0 Å². The van der Waals surface area contributed by atoms with Crippen LogP contribution in [-0.2, 0) is 0 Å². The first kappa shape index (κ1) is 14.4. The Morgan fingerprint density at radius 3 is 2.28 bits per heavy atom. The van der Waals surface area contributed by atoms with Crippen LogP contribution >= 0.6 is 0 Å². The molecule has 1 aromatic carbocycles. The smallest absolute Gasteiger partial charge is 0.211 e. The van der Waals surface area contributed by atoms with E-state index in [-0.39, 0.29) is 0 Å². The number of anilines is 1. The maximum absolute atomic E-state index is 3.91. The lowest BCUT2D eigenvalue weighted by Gasteiger charge is -2.33. The third-order valence-corrected chi connectivity index (χ3v) is 3.30. The summed E-state index contributed by atoms with van der Waals surface area (Å²) in [6.07, 6.45) is 3.84. The van der Waals surface area contributed by atoms with Crippen LogP contribution < -0.4 is 10.4 Å². The van der Waals surface area contributed by atoms with E-state index in [1.807, 2.05) is 26.0 Å². The molecule has 18 heavy (non-hydrogen) atoms. The summed E-state index contributed by atoms with van der Waals surface area (Å²) < 4.78 is 0. The molecule has 0 aliphatic carbocycles. The van der Waals surface area contributed by atoms with Crippen LogP contribution in [0.4, 0.5) is 5.69 Å². The number of rotatable bonds is 2. The highest BCUT2D eigenvalue weighted by Crippen LogP contribution is 2.26. The lowest BCUT2D eigenvalue weighted by molar-refractivity contribution is 1.13. The number of hydrogen-bond donors (Lipinski definition) is 0. The predicted octanol–water partition coefficient (Wildman–Crippen LogP) is 3.66. The van der Waals surface area contributed by atoms with E-state index < -0.39 is 0 Å². The molecule has 0 saturated carbocycles. The van der Waals surface area contributed by atoms with Crippen molar-refractivity contribution in [3.05, 3.63) is 60.7 Å². The number of hydrogen-bond acceptors (Lipinski definition) is 1. The second-order valence-electron chi connectivity index (χ2n) is 4.09. The molecule has 1 aliphatic rings. The van der Waals surface area contributed by atoms with E-state index >= 15 is 0 Å². The molecular weight excluding hydrogens is 217 g/mol. The minimum Gasteiger partial charge on any atom is -0.345 e. The number of nitrogens with zero attached hydrogens (tertiary/aromatic N) is 1. The molecule has 1 heterocycles. The van der Waals surface area contributed by atoms with Crippen LogP contribution in [0.1, 0.15) is 13.8 Å². The van der Waals surface area contributed by atoms with E-state index in [4.69, 9.17) is 0 Å². The summed E-state index contributed by atoms with van der Waals surface area (Å²) in [5.41, 5.74) is 5.01. The fraction of sp³-hybridized carbons (Fsp3) is 0.250. The highest BCUT2D eigenvalue weighted by atomic mass is 15.1. The zero-order valence-corrected chi connectivity index (χ0v) is 11.9. The van der Waals surface area contributed by atoms with Gasteiger partial charge in [-0.2, -0.15) is 0 Å². The summed E-state index contributed by atoms with van der Waals surface area (Å²) in [7, 11) is 2.07. The van der Waals surface area contributed by atoms with Gasteiger partial charge in [0.05, 0.1) is 0 Å². The molecular formula is C16H22BN. The van der Waals surface area contributed by atoms with Crippen LogP contribution in [0.25, 0.3) is 0 Å². The van der Waals surface area contributed by atoms with Gasteiger partial charge in [-0.25, -0.2) is 0 Å². The predicted molar refractivity (Wildman–Crippen MR) is 84.9 cm³/mol. The molecule has 0 amide bonds. The van der Waals surface area contributed by atoms with Gasteiger partial charge in [-0.15, -0.1) is 0 Å². The van der Waals surface area contributed by atoms with Crippen LogP contribution in [0.5, 0.6) is 0 Å². The quantitative estimate of drug-likeness (QED) is 0.712. The summed E-state index contributed by atoms with van der Waals surface area (Å²) in [6.45, 7) is 14.4. The van der Waals surface area contributed by atoms with Gasteiger partial charge in [-0.3, -0.25) is 0 Å². The minimum absolute atomic E-state index is 0.387. The first-order valence-corrected chi connectivity index (χ1v) is 6.52. The van der Waals surface area contributed by atoms with Gasteiger partial charge in [0.1, 0.15) is 0 Å². The van der Waals surface area contributed by atoms with E-state index in [2.05, 4.69) is 56.2 Å². The maximum atomic E-state index is 3.91. The minimum atomic E-state index is 0.387. The first-order valence-electron chi connectivity index (χ1n) is 6.52. The molecule has 1 aromatic rings. The fourth-order valence-electron chi connectivity index (χ4n) is 2.41. The van der Waals surface area contributed by atoms with Gasteiger partial charge in [-0.1, -0.05) is 69.0 Å². The topological polar surface area (TPSA) is 3.24 Å². The summed E-state index contributed by atoms with van der Waals surface area (Å²) in [6, 6.07) is 8.49. The molecule has 0 unspecified atom stereocenters. The molecule has 1 aliphatic heterocycles. The molecule has 2 rings (SSSR count). The third kappa shape index (κ3) is 2.28. The lowest BCUT2D eigenvalue weighted by Crippen LogP contribution is -2.40.